The highest BCUT2D eigenvalue weighted by molar-refractivity contribution is 5.61. The van der Waals surface area contributed by atoms with E-state index in [1.165, 1.54) is 18.2 Å². The monoisotopic (exact) mass is 346 g/mol. The fourth-order valence-electron chi connectivity index (χ4n) is 3.77. The third-order valence-electron chi connectivity index (χ3n) is 4.81. The molecule has 7 heteroatoms. The Balaban J connectivity index is 1.91. The van der Waals surface area contributed by atoms with Crippen LogP contribution in [0.3, 0.4) is 0 Å². The molecule has 0 bridgehead atoms. The fraction of sp³-hybridized carbons (Fsp3) is 0.333. The summed E-state index contributed by atoms with van der Waals surface area (Å²) in [5, 5.41) is 49.8. The first-order chi connectivity index (χ1) is 11.7. The van der Waals surface area contributed by atoms with Gasteiger partial charge >= 0.3 is 0 Å². The summed E-state index contributed by atoms with van der Waals surface area (Å²) in [7, 11) is 0. The third-order valence-corrected chi connectivity index (χ3v) is 4.81. The van der Waals surface area contributed by atoms with Crippen LogP contribution in [-0.2, 0) is 16.8 Å². The lowest BCUT2D eigenvalue weighted by molar-refractivity contribution is -0.141. The van der Waals surface area contributed by atoms with Gasteiger partial charge in [0.1, 0.15) is 23.4 Å². The van der Waals surface area contributed by atoms with Crippen molar-refractivity contribution >= 4 is 0 Å². The molecule has 2 aliphatic heterocycles. The molecule has 0 aromatic heterocycles. The fourth-order valence-corrected chi connectivity index (χ4v) is 3.77. The minimum absolute atomic E-state index is 0.0861. The van der Waals surface area contributed by atoms with E-state index in [-0.39, 0.29) is 11.5 Å². The smallest absolute Gasteiger partial charge is 0.200 e. The van der Waals surface area contributed by atoms with Crippen molar-refractivity contribution < 1.29 is 35.0 Å². The summed E-state index contributed by atoms with van der Waals surface area (Å²) in [5.74, 6) is -1.44. The molecular formula is C18H18O7. The number of hydrogen-bond acceptors (Lipinski definition) is 7. The van der Waals surface area contributed by atoms with Crippen molar-refractivity contribution in [2.45, 2.75) is 38.1 Å². The van der Waals surface area contributed by atoms with E-state index in [9.17, 15) is 25.5 Å². The Morgan fingerprint density at radius 2 is 1.68 bits per heavy atom. The summed E-state index contributed by atoms with van der Waals surface area (Å²) < 4.78 is 12.0. The van der Waals surface area contributed by atoms with E-state index in [0.717, 1.165) is 0 Å². The van der Waals surface area contributed by atoms with Crippen LogP contribution in [0.5, 0.6) is 34.5 Å². The van der Waals surface area contributed by atoms with Crippen LogP contribution in [0.2, 0.25) is 0 Å². The van der Waals surface area contributed by atoms with E-state index < -0.39 is 35.1 Å². The number of fused-ring (bicyclic) bond motifs is 4. The van der Waals surface area contributed by atoms with Crippen LogP contribution >= 0.6 is 0 Å². The van der Waals surface area contributed by atoms with E-state index >= 15 is 0 Å². The van der Waals surface area contributed by atoms with Gasteiger partial charge in [0.25, 0.3) is 0 Å². The number of rotatable bonds is 0. The molecule has 0 amide bonds. The maximum Gasteiger partial charge on any atom is 0.200 e. The largest absolute Gasteiger partial charge is 0.508 e. The summed E-state index contributed by atoms with van der Waals surface area (Å²) in [6, 6.07) is 3.98. The lowest BCUT2D eigenvalue weighted by atomic mass is 9.81. The molecule has 5 N–H and O–H groups in total. The predicted octanol–water partition coefficient (Wildman–Crippen LogP) is 2.52. The summed E-state index contributed by atoms with van der Waals surface area (Å²) in [6.45, 7) is 3.48. The Morgan fingerprint density at radius 1 is 0.960 bits per heavy atom. The molecule has 132 valence electrons. The van der Waals surface area contributed by atoms with Gasteiger partial charge in [-0.05, 0) is 19.9 Å². The maximum atomic E-state index is 10.3. The van der Waals surface area contributed by atoms with Crippen molar-refractivity contribution in [3.8, 4) is 34.5 Å². The SMILES string of the molecule is CC1(C)O[C@@H]2Cc3c(O)cc(O)cc3O[C@@H]2c2cc(O)c(O)c(O)c21. The molecule has 0 saturated carbocycles. The van der Waals surface area contributed by atoms with E-state index in [0.29, 0.717) is 28.9 Å². The number of phenols is 5. The van der Waals surface area contributed by atoms with Crippen LogP contribution in [0.4, 0.5) is 0 Å². The molecule has 0 spiro atoms. The Morgan fingerprint density at radius 3 is 2.40 bits per heavy atom. The van der Waals surface area contributed by atoms with E-state index in [2.05, 4.69) is 0 Å². The maximum absolute atomic E-state index is 10.3. The number of hydrogen-bond donors (Lipinski definition) is 5. The molecule has 2 atom stereocenters. The highest BCUT2D eigenvalue weighted by Gasteiger charge is 2.47. The average molecular weight is 346 g/mol. The Labute approximate surface area is 143 Å². The second kappa shape index (κ2) is 4.86. The molecule has 4 rings (SSSR count). The average Bonchev–Trinajstić information content (AvgIpc) is 2.51. The van der Waals surface area contributed by atoms with Crippen LogP contribution in [0, 0.1) is 0 Å². The number of ether oxygens (including phenoxy) is 2. The van der Waals surface area contributed by atoms with Crippen molar-refractivity contribution in [1.82, 2.24) is 0 Å². The highest BCUT2D eigenvalue weighted by Crippen LogP contribution is 2.54. The second-order valence-electron chi connectivity index (χ2n) is 6.91. The van der Waals surface area contributed by atoms with Crippen molar-refractivity contribution in [1.29, 1.82) is 0 Å². The molecule has 2 aromatic carbocycles. The van der Waals surface area contributed by atoms with Crippen LogP contribution in [-0.4, -0.2) is 31.6 Å². The van der Waals surface area contributed by atoms with Gasteiger partial charge < -0.3 is 35.0 Å². The minimum atomic E-state index is -0.945. The van der Waals surface area contributed by atoms with Crippen LogP contribution in [0.15, 0.2) is 18.2 Å². The van der Waals surface area contributed by atoms with Gasteiger partial charge in [0.15, 0.2) is 17.6 Å². The molecule has 2 aromatic rings. The van der Waals surface area contributed by atoms with Crippen molar-refractivity contribution in [2.75, 3.05) is 0 Å². The van der Waals surface area contributed by atoms with Gasteiger partial charge in [-0.2, -0.15) is 0 Å². The Kier molecular flexibility index (Phi) is 3.05. The van der Waals surface area contributed by atoms with Gasteiger partial charge in [0, 0.05) is 35.2 Å². The lowest BCUT2D eigenvalue weighted by Crippen LogP contribution is -2.44. The zero-order valence-corrected chi connectivity index (χ0v) is 13.6. The summed E-state index contributed by atoms with van der Waals surface area (Å²) in [5.41, 5.74) is 0.393. The molecule has 0 radical (unpaired) electrons. The molecule has 0 aliphatic carbocycles. The van der Waals surface area contributed by atoms with E-state index in [4.69, 9.17) is 9.47 Å². The van der Waals surface area contributed by atoms with Gasteiger partial charge in [-0.1, -0.05) is 0 Å². The van der Waals surface area contributed by atoms with Gasteiger partial charge in [-0.25, -0.2) is 0 Å². The molecule has 2 aliphatic rings. The van der Waals surface area contributed by atoms with Crippen molar-refractivity contribution in [3.63, 3.8) is 0 Å². The summed E-state index contributed by atoms with van der Waals surface area (Å²) >= 11 is 0. The molecule has 25 heavy (non-hydrogen) atoms. The molecule has 7 nitrogen and oxygen atoms in total. The first-order valence-electron chi connectivity index (χ1n) is 7.86. The lowest BCUT2D eigenvalue weighted by Gasteiger charge is -2.45. The minimum Gasteiger partial charge on any atom is -0.508 e. The standard InChI is InChI=1S/C18H18O7/c1-18(2)14-9(5-11(21)15(22)16(14)23)17-13(25-18)6-8-10(20)3-7(19)4-12(8)24-17/h3-5,13,17,19-23H,6H2,1-2H3/t13-,17-/m1/s1. The normalized spacial score (nSPS) is 23.1. The number of phenolic OH excluding ortho intramolecular Hbond substituents is 5. The third kappa shape index (κ3) is 2.16. The first-order valence-corrected chi connectivity index (χ1v) is 7.86. The van der Waals surface area contributed by atoms with Crippen LogP contribution in [0.25, 0.3) is 0 Å². The summed E-state index contributed by atoms with van der Waals surface area (Å²) in [6.07, 6.45) is -0.819. The van der Waals surface area contributed by atoms with Gasteiger partial charge in [-0.3, -0.25) is 0 Å². The molecule has 0 saturated heterocycles. The zero-order valence-electron chi connectivity index (χ0n) is 13.6. The quantitative estimate of drug-likeness (QED) is 0.465. The van der Waals surface area contributed by atoms with Gasteiger partial charge in [-0.15, -0.1) is 0 Å². The van der Waals surface area contributed by atoms with Gasteiger partial charge in [0.05, 0.1) is 5.60 Å². The molecule has 0 unspecified atom stereocenters. The van der Waals surface area contributed by atoms with E-state index in [1.807, 2.05) is 0 Å². The van der Waals surface area contributed by atoms with E-state index in [1.54, 1.807) is 13.8 Å². The molecule has 0 fully saturated rings. The molecule has 2 heterocycles. The van der Waals surface area contributed by atoms with Crippen LogP contribution in [0.1, 0.15) is 36.6 Å². The second-order valence-corrected chi connectivity index (χ2v) is 6.91. The predicted molar refractivity (Wildman–Crippen MR) is 86.2 cm³/mol. The van der Waals surface area contributed by atoms with Crippen molar-refractivity contribution in [3.05, 3.63) is 34.9 Å². The number of benzene rings is 2. The summed E-state index contributed by atoms with van der Waals surface area (Å²) in [4.78, 5) is 0. The number of aromatic hydroxyl groups is 5. The van der Waals surface area contributed by atoms with Crippen molar-refractivity contribution in [2.24, 2.45) is 0 Å². The van der Waals surface area contributed by atoms with Crippen LogP contribution < -0.4 is 4.74 Å². The first kappa shape index (κ1) is 15.7. The topological polar surface area (TPSA) is 120 Å². The highest BCUT2D eigenvalue weighted by atomic mass is 16.6. The Hall–Kier alpha value is -2.80. The Bertz CT molecular complexity index is 888. The molecular weight excluding hydrogens is 328 g/mol. The zero-order chi connectivity index (χ0) is 18.1. The van der Waals surface area contributed by atoms with Gasteiger partial charge in [0.2, 0.25) is 5.75 Å².